The molecule has 1 rings (SSSR count). The minimum absolute atomic E-state index is 2.38. The summed E-state index contributed by atoms with van der Waals surface area (Å²) in [6.07, 6.45) is 0. The second-order valence-electron chi connectivity index (χ2n) is 3.02. The van der Waals surface area contributed by atoms with Crippen LogP contribution in [0.5, 0.6) is 0 Å². The molecule has 8 N–H and O–H groups in total. The summed E-state index contributed by atoms with van der Waals surface area (Å²) in [5.74, 6) is -19.1. The Balaban J connectivity index is 3.46. The molecule has 0 bridgehead atoms. The van der Waals surface area contributed by atoms with Crippen LogP contribution in [0.2, 0.25) is 0 Å². The van der Waals surface area contributed by atoms with E-state index in [2.05, 4.69) is 0 Å². The highest BCUT2D eigenvalue weighted by Gasteiger charge is 2.84. The Morgan fingerprint density at radius 3 is 0.929 bits per heavy atom. The van der Waals surface area contributed by atoms with Gasteiger partial charge in [0.15, 0.2) is 0 Å². The number of rotatable bonds is 0. The Labute approximate surface area is 75.7 Å². The molecule has 0 aliphatic heterocycles. The topological polar surface area (TPSA) is 179 Å². The van der Waals surface area contributed by atoms with E-state index in [-0.39, 0.29) is 0 Å². The fraction of sp³-hybridized carbons (Fsp3) is 0.800. The van der Waals surface area contributed by atoms with Gasteiger partial charge in [0.1, 0.15) is 0 Å². The van der Waals surface area contributed by atoms with Gasteiger partial charge in [-0.05, 0) is 0 Å². The highest BCUT2D eigenvalue weighted by molar-refractivity contribution is 5.96. The summed E-state index contributed by atoms with van der Waals surface area (Å²) in [5.41, 5.74) is 0. The van der Waals surface area contributed by atoms with Gasteiger partial charge in [-0.2, -0.15) is 0 Å². The molecule has 0 aromatic carbocycles. The van der Waals surface area contributed by atoms with Crippen LogP contribution in [0.25, 0.3) is 0 Å². The van der Waals surface area contributed by atoms with Crippen molar-refractivity contribution in [1.29, 1.82) is 0 Å². The fourth-order valence-corrected chi connectivity index (χ4v) is 1.05. The summed E-state index contributed by atoms with van der Waals surface area (Å²) < 4.78 is 0. The summed E-state index contributed by atoms with van der Waals surface area (Å²) in [5, 5.41) is 70.0. The van der Waals surface area contributed by atoms with Crippen molar-refractivity contribution in [1.82, 2.24) is 0 Å². The molecule has 14 heavy (non-hydrogen) atoms. The molecule has 0 atom stereocenters. The van der Waals surface area contributed by atoms with Gasteiger partial charge in [0.25, 0.3) is 28.9 Å². The van der Waals surface area contributed by atoms with Crippen LogP contribution in [0, 0.1) is 0 Å². The zero-order valence-electron chi connectivity index (χ0n) is 6.49. The Kier molecular flexibility index (Phi) is 1.87. The lowest BCUT2D eigenvalue weighted by atomic mass is 10.1. The third kappa shape index (κ3) is 0.827. The molecular weight excluding hydrogens is 204 g/mol. The first-order valence-electron chi connectivity index (χ1n) is 3.24. The van der Waals surface area contributed by atoms with Crippen molar-refractivity contribution in [3.8, 4) is 0 Å². The summed E-state index contributed by atoms with van der Waals surface area (Å²) >= 11 is 0. The summed E-state index contributed by atoms with van der Waals surface area (Å²) in [4.78, 5) is 10.7. The van der Waals surface area contributed by atoms with Crippen molar-refractivity contribution in [3.63, 3.8) is 0 Å². The Morgan fingerprint density at radius 2 is 0.857 bits per heavy atom. The van der Waals surface area contributed by atoms with E-state index in [9.17, 15) is 4.79 Å². The molecule has 1 fully saturated rings. The highest BCUT2D eigenvalue weighted by atomic mass is 16.7. The van der Waals surface area contributed by atoms with E-state index in [0.29, 0.717) is 0 Å². The van der Waals surface area contributed by atoms with Crippen molar-refractivity contribution in [2.45, 2.75) is 23.1 Å². The Hall–Kier alpha value is -0.650. The van der Waals surface area contributed by atoms with Gasteiger partial charge in [-0.1, -0.05) is 0 Å². The number of Topliss-reactive ketones (excluding diaryl/α,β-unsaturated/α-hetero) is 1. The average molecular weight is 212 g/mol. The molecule has 82 valence electrons. The van der Waals surface area contributed by atoms with E-state index >= 15 is 0 Å². The predicted octanol–water partition coefficient (Wildman–Crippen LogP) is -5.71. The van der Waals surface area contributed by atoms with E-state index < -0.39 is 28.9 Å². The smallest absolute Gasteiger partial charge is 0.291 e. The van der Waals surface area contributed by atoms with Crippen LogP contribution in [0.15, 0.2) is 0 Å². The fourth-order valence-electron chi connectivity index (χ4n) is 1.05. The molecule has 9 nitrogen and oxygen atoms in total. The highest BCUT2D eigenvalue weighted by Crippen LogP contribution is 2.44. The average Bonchev–Trinajstić information content (AvgIpc) is 2.05. The zero-order valence-corrected chi connectivity index (χ0v) is 6.49. The lowest BCUT2D eigenvalue weighted by Gasteiger charge is -2.34. The van der Waals surface area contributed by atoms with Gasteiger partial charge in [0, 0.05) is 0 Å². The number of aliphatic hydroxyl groups is 8. The van der Waals surface area contributed by atoms with Crippen LogP contribution >= 0.6 is 0 Å². The number of hydrogen-bond acceptors (Lipinski definition) is 9. The normalized spacial score (nSPS) is 31.9. The summed E-state index contributed by atoms with van der Waals surface area (Å²) in [7, 11) is 0. The second-order valence-corrected chi connectivity index (χ2v) is 3.02. The van der Waals surface area contributed by atoms with Crippen LogP contribution < -0.4 is 0 Å². The lowest BCUT2D eigenvalue weighted by molar-refractivity contribution is -0.452. The van der Waals surface area contributed by atoms with Crippen molar-refractivity contribution < 1.29 is 45.6 Å². The predicted molar refractivity (Wildman–Crippen MR) is 33.7 cm³/mol. The van der Waals surface area contributed by atoms with E-state index in [1.54, 1.807) is 0 Å². The molecule has 0 saturated heterocycles. The van der Waals surface area contributed by atoms with E-state index in [1.807, 2.05) is 0 Å². The molecule has 1 aliphatic rings. The molecular formula is C5H8O9. The molecule has 0 aromatic rings. The third-order valence-electron chi connectivity index (χ3n) is 2.09. The zero-order chi connectivity index (χ0) is 11.6. The van der Waals surface area contributed by atoms with Crippen LogP contribution in [0.3, 0.4) is 0 Å². The SMILES string of the molecule is O=C1C(O)(O)C(O)(O)C(O)(O)C1(O)O. The van der Waals surface area contributed by atoms with Crippen LogP contribution in [0.4, 0.5) is 0 Å². The molecule has 0 amide bonds. The number of ketones is 1. The van der Waals surface area contributed by atoms with Gasteiger partial charge >= 0.3 is 0 Å². The number of carbonyl (C=O) groups excluding carboxylic acids is 1. The first-order chi connectivity index (χ1) is 5.90. The number of carbonyl (C=O) groups is 1. The Bertz CT molecular complexity index is 260. The number of hydrogen-bond donors (Lipinski definition) is 8. The molecule has 0 unspecified atom stereocenters. The second kappa shape index (κ2) is 2.29. The molecule has 0 radical (unpaired) electrons. The first-order valence-corrected chi connectivity index (χ1v) is 3.24. The van der Waals surface area contributed by atoms with Crippen molar-refractivity contribution in [2.75, 3.05) is 0 Å². The molecule has 1 saturated carbocycles. The molecule has 0 aromatic heterocycles. The van der Waals surface area contributed by atoms with Gasteiger partial charge in [0.05, 0.1) is 0 Å². The maximum absolute atomic E-state index is 10.7. The third-order valence-corrected chi connectivity index (χ3v) is 2.09. The maximum Gasteiger partial charge on any atom is 0.291 e. The van der Waals surface area contributed by atoms with Crippen molar-refractivity contribution in [2.24, 2.45) is 0 Å². The molecule has 0 spiro atoms. The van der Waals surface area contributed by atoms with E-state index in [0.717, 1.165) is 0 Å². The first kappa shape index (κ1) is 11.4. The van der Waals surface area contributed by atoms with Gasteiger partial charge in [-0.25, -0.2) is 0 Å². The van der Waals surface area contributed by atoms with E-state index in [4.69, 9.17) is 40.9 Å². The van der Waals surface area contributed by atoms with Crippen LogP contribution in [0.1, 0.15) is 0 Å². The molecule has 9 heteroatoms. The Morgan fingerprint density at radius 1 is 0.643 bits per heavy atom. The molecule has 0 heterocycles. The molecule has 1 aliphatic carbocycles. The minimum atomic E-state index is -4.24. The quantitative estimate of drug-likeness (QED) is 0.181. The van der Waals surface area contributed by atoms with Gasteiger partial charge in [0.2, 0.25) is 0 Å². The van der Waals surface area contributed by atoms with Gasteiger partial charge < -0.3 is 40.9 Å². The van der Waals surface area contributed by atoms with Crippen molar-refractivity contribution in [3.05, 3.63) is 0 Å². The monoisotopic (exact) mass is 212 g/mol. The summed E-state index contributed by atoms with van der Waals surface area (Å²) in [6.45, 7) is 0. The standard InChI is InChI=1S/C5H8O9/c6-1-2(7,8)4(11,12)5(13,14)3(1,9)10/h7-14H. The van der Waals surface area contributed by atoms with Crippen molar-refractivity contribution >= 4 is 5.78 Å². The van der Waals surface area contributed by atoms with Crippen LogP contribution in [-0.2, 0) is 4.79 Å². The maximum atomic E-state index is 10.7. The largest absolute Gasteiger partial charge is 0.357 e. The minimum Gasteiger partial charge on any atom is -0.357 e. The van der Waals surface area contributed by atoms with E-state index in [1.165, 1.54) is 0 Å². The van der Waals surface area contributed by atoms with Gasteiger partial charge in [-0.15, -0.1) is 0 Å². The lowest BCUT2D eigenvalue weighted by Crippen LogP contribution is -2.66. The summed E-state index contributed by atoms with van der Waals surface area (Å²) in [6, 6.07) is 0. The van der Waals surface area contributed by atoms with Crippen LogP contribution in [-0.4, -0.2) is 69.8 Å². The van der Waals surface area contributed by atoms with Gasteiger partial charge in [-0.3, -0.25) is 4.79 Å².